The van der Waals surface area contributed by atoms with E-state index >= 15 is 0 Å². The van der Waals surface area contributed by atoms with Crippen LogP contribution in [0.15, 0.2) is 41.1 Å². The molecule has 3 N–H and O–H groups in total. The minimum Gasteiger partial charge on any atom is -0.350 e. The summed E-state index contributed by atoms with van der Waals surface area (Å²) in [5, 5.41) is 3.15. The van der Waals surface area contributed by atoms with E-state index in [1.165, 1.54) is 5.56 Å². The van der Waals surface area contributed by atoms with Gasteiger partial charge in [-0.1, -0.05) is 24.3 Å². The molecule has 0 atom stereocenters. The van der Waals surface area contributed by atoms with E-state index in [9.17, 15) is 0 Å². The van der Waals surface area contributed by atoms with Gasteiger partial charge < -0.3 is 11.1 Å². The van der Waals surface area contributed by atoms with Crippen LogP contribution >= 0.6 is 15.9 Å². The molecular formula is C12H13BrN4. The number of halogens is 1. The highest BCUT2D eigenvalue weighted by molar-refractivity contribution is 9.10. The number of nitrogens with zero attached hydrogens (tertiary/aromatic N) is 2. The maximum absolute atomic E-state index is 5.54. The standard InChI is InChI=1S/C12H13BrN4/c13-11-7-16-12(17-8-11)15-6-10-3-1-9(5-14)2-4-10/h1-4,7-8H,5-6,14H2,(H,15,16,17). The van der Waals surface area contributed by atoms with Gasteiger partial charge in [0.2, 0.25) is 5.95 Å². The van der Waals surface area contributed by atoms with Gasteiger partial charge in [0.1, 0.15) is 0 Å². The molecule has 1 heterocycles. The van der Waals surface area contributed by atoms with E-state index in [0.29, 0.717) is 19.0 Å². The summed E-state index contributed by atoms with van der Waals surface area (Å²) < 4.78 is 0.871. The number of rotatable bonds is 4. The number of hydrogen-bond acceptors (Lipinski definition) is 4. The highest BCUT2D eigenvalue weighted by Crippen LogP contribution is 2.09. The Bertz CT molecular complexity index is 467. The van der Waals surface area contributed by atoms with Crippen molar-refractivity contribution in [2.45, 2.75) is 13.1 Å². The Morgan fingerprint density at radius 2 is 1.65 bits per heavy atom. The average molecular weight is 293 g/mol. The third kappa shape index (κ3) is 3.51. The van der Waals surface area contributed by atoms with Gasteiger partial charge in [0.15, 0.2) is 0 Å². The highest BCUT2D eigenvalue weighted by Gasteiger charge is 1.97. The summed E-state index contributed by atoms with van der Waals surface area (Å²) in [6.45, 7) is 1.27. The van der Waals surface area contributed by atoms with Crippen molar-refractivity contribution in [3.63, 3.8) is 0 Å². The first kappa shape index (κ1) is 12.0. The number of nitrogens with one attached hydrogen (secondary N) is 1. The van der Waals surface area contributed by atoms with E-state index in [1.807, 2.05) is 24.3 Å². The van der Waals surface area contributed by atoms with Crippen molar-refractivity contribution in [1.29, 1.82) is 0 Å². The van der Waals surface area contributed by atoms with Crippen molar-refractivity contribution < 1.29 is 0 Å². The van der Waals surface area contributed by atoms with Crippen LogP contribution in [0.1, 0.15) is 11.1 Å². The lowest BCUT2D eigenvalue weighted by Crippen LogP contribution is -2.03. The zero-order valence-electron chi connectivity index (χ0n) is 9.23. The Hall–Kier alpha value is -1.46. The Labute approximate surface area is 108 Å². The van der Waals surface area contributed by atoms with Crippen LogP contribution in [0.2, 0.25) is 0 Å². The Morgan fingerprint density at radius 3 is 2.24 bits per heavy atom. The molecule has 4 nitrogen and oxygen atoms in total. The molecular weight excluding hydrogens is 280 g/mol. The molecule has 1 aromatic carbocycles. The monoisotopic (exact) mass is 292 g/mol. The second-order valence-electron chi connectivity index (χ2n) is 3.60. The van der Waals surface area contributed by atoms with Crippen LogP contribution in [0.3, 0.4) is 0 Å². The third-order valence-electron chi connectivity index (χ3n) is 2.33. The summed E-state index contributed by atoms with van der Waals surface area (Å²) in [5.41, 5.74) is 7.85. The summed E-state index contributed by atoms with van der Waals surface area (Å²) in [7, 11) is 0. The molecule has 0 amide bonds. The van der Waals surface area contributed by atoms with Gasteiger partial charge in [0.05, 0.1) is 4.47 Å². The smallest absolute Gasteiger partial charge is 0.222 e. The van der Waals surface area contributed by atoms with Crippen LogP contribution in [-0.2, 0) is 13.1 Å². The molecule has 0 saturated heterocycles. The van der Waals surface area contributed by atoms with Crippen LogP contribution in [0.5, 0.6) is 0 Å². The number of hydrogen-bond donors (Lipinski definition) is 2. The molecule has 0 fully saturated rings. The quantitative estimate of drug-likeness (QED) is 0.908. The molecule has 0 spiro atoms. The first-order chi connectivity index (χ1) is 8.28. The second-order valence-corrected chi connectivity index (χ2v) is 4.51. The van der Waals surface area contributed by atoms with Crippen molar-refractivity contribution in [2.75, 3.05) is 5.32 Å². The maximum atomic E-state index is 5.54. The maximum Gasteiger partial charge on any atom is 0.222 e. The zero-order valence-corrected chi connectivity index (χ0v) is 10.8. The van der Waals surface area contributed by atoms with Gasteiger partial charge in [-0.25, -0.2) is 9.97 Å². The first-order valence-corrected chi connectivity index (χ1v) is 6.06. The molecule has 0 unspecified atom stereocenters. The fourth-order valence-electron chi connectivity index (χ4n) is 1.38. The van der Waals surface area contributed by atoms with Gasteiger partial charge in [-0.05, 0) is 27.1 Å². The summed E-state index contributed by atoms with van der Waals surface area (Å²) in [6, 6.07) is 8.15. The Kier molecular flexibility index (Phi) is 4.06. The van der Waals surface area contributed by atoms with Crippen molar-refractivity contribution >= 4 is 21.9 Å². The molecule has 88 valence electrons. The van der Waals surface area contributed by atoms with Crippen molar-refractivity contribution in [3.8, 4) is 0 Å². The molecule has 1 aromatic heterocycles. The lowest BCUT2D eigenvalue weighted by Gasteiger charge is -2.05. The molecule has 5 heteroatoms. The highest BCUT2D eigenvalue weighted by atomic mass is 79.9. The van der Waals surface area contributed by atoms with Gasteiger partial charge >= 0.3 is 0 Å². The van der Waals surface area contributed by atoms with Gasteiger partial charge in [0.25, 0.3) is 0 Å². The van der Waals surface area contributed by atoms with Crippen molar-refractivity contribution in [1.82, 2.24) is 9.97 Å². The fourth-order valence-corrected chi connectivity index (χ4v) is 1.58. The van der Waals surface area contributed by atoms with Gasteiger partial charge in [-0.15, -0.1) is 0 Å². The van der Waals surface area contributed by atoms with Crippen LogP contribution in [0.25, 0.3) is 0 Å². The third-order valence-corrected chi connectivity index (χ3v) is 2.74. The summed E-state index contributed by atoms with van der Waals surface area (Å²) >= 11 is 3.29. The average Bonchev–Trinajstić information content (AvgIpc) is 2.39. The Balaban J connectivity index is 1.95. The lowest BCUT2D eigenvalue weighted by molar-refractivity contribution is 1.03. The number of aromatic nitrogens is 2. The largest absolute Gasteiger partial charge is 0.350 e. The van der Waals surface area contributed by atoms with E-state index < -0.39 is 0 Å². The number of benzene rings is 1. The topological polar surface area (TPSA) is 63.8 Å². The molecule has 0 aliphatic carbocycles. The van der Waals surface area contributed by atoms with Gasteiger partial charge in [-0.3, -0.25) is 0 Å². The predicted molar refractivity (Wildman–Crippen MR) is 71.4 cm³/mol. The molecule has 0 aliphatic rings. The fraction of sp³-hybridized carbons (Fsp3) is 0.167. The summed E-state index contributed by atoms with van der Waals surface area (Å²) in [4.78, 5) is 8.28. The SMILES string of the molecule is NCc1ccc(CNc2ncc(Br)cn2)cc1. The molecule has 2 rings (SSSR count). The van der Waals surface area contributed by atoms with E-state index in [4.69, 9.17) is 5.73 Å². The molecule has 0 radical (unpaired) electrons. The summed E-state index contributed by atoms with van der Waals surface area (Å²) in [5.74, 6) is 0.621. The zero-order chi connectivity index (χ0) is 12.1. The lowest BCUT2D eigenvalue weighted by atomic mass is 10.1. The Morgan fingerprint density at radius 1 is 1.06 bits per heavy atom. The molecule has 0 bridgehead atoms. The minimum atomic E-state index is 0.573. The van der Waals surface area contributed by atoms with Crippen LogP contribution in [0.4, 0.5) is 5.95 Å². The summed E-state index contributed by atoms with van der Waals surface area (Å²) in [6.07, 6.45) is 3.43. The van der Waals surface area contributed by atoms with E-state index in [-0.39, 0.29) is 0 Å². The first-order valence-electron chi connectivity index (χ1n) is 5.27. The second kappa shape index (κ2) is 5.75. The molecule has 2 aromatic rings. The molecule has 17 heavy (non-hydrogen) atoms. The molecule has 0 saturated carbocycles. The van der Waals surface area contributed by atoms with Crippen LogP contribution in [0, 0.1) is 0 Å². The van der Waals surface area contributed by atoms with E-state index in [1.54, 1.807) is 12.4 Å². The minimum absolute atomic E-state index is 0.573. The number of anilines is 1. The van der Waals surface area contributed by atoms with E-state index in [2.05, 4.69) is 31.2 Å². The normalized spacial score (nSPS) is 10.2. The van der Waals surface area contributed by atoms with Crippen molar-refractivity contribution in [2.24, 2.45) is 5.73 Å². The van der Waals surface area contributed by atoms with Crippen molar-refractivity contribution in [3.05, 3.63) is 52.3 Å². The molecule has 0 aliphatic heterocycles. The van der Waals surface area contributed by atoms with Crippen LogP contribution < -0.4 is 11.1 Å². The predicted octanol–water partition coefficient (Wildman–Crippen LogP) is 2.31. The van der Waals surface area contributed by atoms with Gasteiger partial charge in [0, 0.05) is 25.5 Å². The van der Waals surface area contributed by atoms with Gasteiger partial charge in [-0.2, -0.15) is 0 Å². The number of nitrogens with two attached hydrogens (primary N) is 1. The van der Waals surface area contributed by atoms with Crippen LogP contribution in [-0.4, -0.2) is 9.97 Å². The van der Waals surface area contributed by atoms with E-state index in [0.717, 1.165) is 10.0 Å².